The van der Waals surface area contributed by atoms with Crippen LogP contribution in [0, 0.1) is 0 Å². The predicted octanol–water partition coefficient (Wildman–Crippen LogP) is 4.64. The first-order chi connectivity index (χ1) is 15.3. The second-order valence-electron chi connectivity index (χ2n) is 7.39. The normalized spacial score (nSPS) is 11.2. The van der Waals surface area contributed by atoms with Gasteiger partial charge in [0.2, 0.25) is 5.91 Å². The maximum absolute atomic E-state index is 13.3. The van der Waals surface area contributed by atoms with Gasteiger partial charge >= 0.3 is 0 Å². The Labute approximate surface area is 193 Å². The third kappa shape index (κ3) is 6.24. The molecule has 0 atom stereocenters. The second-order valence-corrected chi connectivity index (χ2v) is 9.69. The van der Waals surface area contributed by atoms with E-state index in [0.717, 1.165) is 9.87 Å². The molecular formula is C24H25ClN2O4S. The van der Waals surface area contributed by atoms with Crippen LogP contribution in [-0.2, 0) is 21.4 Å². The van der Waals surface area contributed by atoms with Crippen molar-refractivity contribution in [1.82, 2.24) is 5.32 Å². The molecule has 0 radical (unpaired) electrons. The summed E-state index contributed by atoms with van der Waals surface area (Å²) in [7, 11) is -3.96. The number of benzene rings is 3. The van der Waals surface area contributed by atoms with Gasteiger partial charge in [-0.15, -0.1) is 0 Å². The van der Waals surface area contributed by atoms with E-state index in [-0.39, 0.29) is 24.1 Å². The Morgan fingerprint density at radius 1 is 1.00 bits per heavy atom. The Morgan fingerprint density at radius 2 is 1.69 bits per heavy atom. The summed E-state index contributed by atoms with van der Waals surface area (Å²) in [6, 6.07) is 21.7. The first-order valence-electron chi connectivity index (χ1n) is 10.1. The van der Waals surface area contributed by atoms with Crippen molar-refractivity contribution < 1.29 is 17.9 Å². The number of nitrogens with zero attached hydrogens (tertiary/aromatic N) is 1. The molecule has 0 heterocycles. The van der Waals surface area contributed by atoms with E-state index in [2.05, 4.69) is 5.32 Å². The van der Waals surface area contributed by atoms with Crippen molar-refractivity contribution in [3.05, 3.63) is 89.4 Å². The van der Waals surface area contributed by atoms with E-state index in [4.69, 9.17) is 16.3 Å². The average molecular weight is 473 g/mol. The molecule has 0 spiro atoms. The van der Waals surface area contributed by atoms with Crippen LogP contribution in [0.1, 0.15) is 19.4 Å². The number of anilines is 1. The predicted molar refractivity (Wildman–Crippen MR) is 126 cm³/mol. The molecule has 32 heavy (non-hydrogen) atoms. The maximum atomic E-state index is 13.3. The maximum Gasteiger partial charge on any atom is 0.264 e. The number of carbonyl (C=O) groups excluding carboxylic acids is 1. The van der Waals surface area contributed by atoms with Gasteiger partial charge < -0.3 is 10.1 Å². The number of nitrogens with one attached hydrogen (secondary N) is 1. The van der Waals surface area contributed by atoms with Crippen molar-refractivity contribution in [3.63, 3.8) is 0 Å². The fourth-order valence-electron chi connectivity index (χ4n) is 3.03. The van der Waals surface area contributed by atoms with Gasteiger partial charge in [0, 0.05) is 11.6 Å². The molecule has 0 aromatic heterocycles. The molecule has 3 aromatic rings. The molecule has 0 aliphatic heterocycles. The lowest BCUT2D eigenvalue weighted by Crippen LogP contribution is -2.40. The van der Waals surface area contributed by atoms with Crippen LogP contribution < -0.4 is 14.4 Å². The highest BCUT2D eigenvalue weighted by molar-refractivity contribution is 7.92. The van der Waals surface area contributed by atoms with Crippen molar-refractivity contribution in [2.75, 3.05) is 10.8 Å². The van der Waals surface area contributed by atoms with Gasteiger partial charge in [-0.1, -0.05) is 41.9 Å². The van der Waals surface area contributed by atoms with Gasteiger partial charge in [0.1, 0.15) is 12.3 Å². The van der Waals surface area contributed by atoms with Crippen molar-refractivity contribution >= 4 is 33.2 Å². The summed E-state index contributed by atoms with van der Waals surface area (Å²) in [5.74, 6) is 0.274. The number of carbonyl (C=O) groups is 1. The number of amides is 1. The third-order valence-electron chi connectivity index (χ3n) is 4.49. The Balaban J connectivity index is 1.78. The zero-order chi connectivity index (χ0) is 23.1. The van der Waals surface area contributed by atoms with Crippen LogP contribution in [0.4, 0.5) is 5.69 Å². The SMILES string of the molecule is CC(C)Oc1cccc(CNC(=O)CN(c2ccc(Cl)cc2)S(=O)(=O)c2ccccc2)c1. The van der Waals surface area contributed by atoms with Gasteiger partial charge in [-0.25, -0.2) is 8.42 Å². The summed E-state index contributed by atoms with van der Waals surface area (Å²) in [6.07, 6.45) is 0.0379. The zero-order valence-corrected chi connectivity index (χ0v) is 19.4. The second kappa shape index (κ2) is 10.5. The number of hydrogen-bond acceptors (Lipinski definition) is 4. The van der Waals surface area contributed by atoms with Crippen molar-refractivity contribution in [2.24, 2.45) is 0 Å². The fourth-order valence-corrected chi connectivity index (χ4v) is 4.60. The highest BCUT2D eigenvalue weighted by atomic mass is 35.5. The lowest BCUT2D eigenvalue weighted by Gasteiger charge is -2.24. The molecule has 3 aromatic carbocycles. The Hall–Kier alpha value is -3.03. The molecule has 0 unspecified atom stereocenters. The highest BCUT2D eigenvalue weighted by Crippen LogP contribution is 2.25. The highest BCUT2D eigenvalue weighted by Gasteiger charge is 2.27. The number of ether oxygens (including phenoxy) is 1. The average Bonchev–Trinajstić information content (AvgIpc) is 2.77. The summed E-state index contributed by atoms with van der Waals surface area (Å²) in [5, 5.41) is 3.26. The molecule has 0 fully saturated rings. The largest absolute Gasteiger partial charge is 0.491 e. The van der Waals surface area contributed by atoms with Crippen LogP contribution in [0.5, 0.6) is 5.75 Å². The van der Waals surface area contributed by atoms with Gasteiger partial charge in [0.15, 0.2) is 0 Å². The first-order valence-corrected chi connectivity index (χ1v) is 11.9. The standard InChI is InChI=1S/C24H25ClN2O4S/c1-18(2)31-22-8-6-7-19(15-22)16-26-24(28)17-27(21-13-11-20(25)12-14-21)32(29,30)23-9-4-3-5-10-23/h3-15,18H,16-17H2,1-2H3,(H,26,28). The molecule has 0 saturated carbocycles. The first kappa shape index (κ1) is 23.6. The van der Waals surface area contributed by atoms with E-state index in [1.54, 1.807) is 42.5 Å². The minimum Gasteiger partial charge on any atom is -0.491 e. The number of halogens is 1. The summed E-state index contributed by atoms with van der Waals surface area (Å²) < 4.78 is 33.3. The molecule has 3 rings (SSSR count). The van der Waals surface area contributed by atoms with Crippen LogP contribution in [0.3, 0.4) is 0 Å². The summed E-state index contributed by atoms with van der Waals surface area (Å²) in [6.45, 7) is 3.75. The minimum atomic E-state index is -3.96. The molecule has 0 bridgehead atoms. The molecule has 0 aliphatic carbocycles. The molecule has 168 valence electrons. The van der Waals surface area contributed by atoms with E-state index >= 15 is 0 Å². The Kier molecular flexibility index (Phi) is 7.77. The topological polar surface area (TPSA) is 75.7 Å². The van der Waals surface area contributed by atoms with E-state index < -0.39 is 15.9 Å². The van der Waals surface area contributed by atoms with Crippen LogP contribution in [-0.4, -0.2) is 27.0 Å². The monoisotopic (exact) mass is 472 g/mol. The molecule has 1 N–H and O–H groups in total. The quantitative estimate of drug-likeness (QED) is 0.492. The van der Waals surface area contributed by atoms with E-state index in [9.17, 15) is 13.2 Å². The van der Waals surface area contributed by atoms with Gasteiger partial charge in [-0.3, -0.25) is 9.10 Å². The Bertz CT molecular complexity index is 1150. The lowest BCUT2D eigenvalue weighted by molar-refractivity contribution is -0.119. The zero-order valence-electron chi connectivity index (χ0n) is 17.9. The number of sulfonamides is 1. The molecule has 1 amide bonds. The number of hydrogen-bond donors (Lipinski definition) is 1. The van der Waals surface area contributed by atoms with E-state index in [1.807, 2.05) is 38.1 Å². The van der Waals surface area contributed by atoms with Gasteiger partial charge in [0.25, 0.3) is 10.0 Å². The lowest BCUT2D eigenvalue weighted by atomic mass is 10.2. The molecular weight excluding hydrogens is 448 g/mol. The Morgan fingerprint density at radius 3 is 2.34 bits per heavy atom. The van der Waals surface area contributed by atoms with Crippen LogP contribution in [0.25, 0.3) is 0 Å². The minimum absolute atomic E-state index is 0.0379. The van der Waals surface area contributed by atoms with Crippen LogP contribution in [0.2, 0.25) is 5.02 Å². The molecule has 0 aliphatic rings. The third-order valence-corrected chi connectivity index (χ3v) is 6.53. The van der Waals surface area contributed by atoms with Crippen LogP contribution >= 0.6 is 11.6 Å². The van der Waals surface area contributed by atoms with E-state index in [0.29, 0.717) is 16.5 Å². The van der Waals surface area contributed by atoms with Crippen LogP contribution in [0.15, 0.2) is 83.8 Å². The molecule has 8 heteroatoms. The van der Waals surface area contributed by atoms with Gasteiger partial charge in [-0.2, -0.15) is 0 Å². The summed E-state index contributed by atoms with van der Waals surface area (Å²) >= 11 is 5.96. The van der Waals surface area contributed by atoms with Crippen molar-refractivity contribution in [2.45, 2.75) is 31.4 Å². The smallest absolute Gasteiger partial charge is 0.264 e. The van der Waals surface area contributed by atoms with Crippen molar-refractivity contribution in [3.8, 4) is 5.75 Å². The fraction of sp³-hybridized carbons (Fsp3) is 0.208. The molecule has 0 saturated heterocycles. The van der Waals surface area contributed by atoms with Gasteiger partial charge in [0.05, 0.1) is 16.7 Å². The van der Waals surface area contributed by atoms with Crippen molar-refractivity contribution in [1.29, 1.82) is 0 Å². The molecule has 6 nitrogen and oxygen atoms in total. The van der Waals surface area contributed by atoms with E-state index in [1.165, 1.54) is 12.1 Å². The number of rotatable bonds is 9. The van der Waals surface area contributed by atoms with Gasteiger partial charge in [-0.05, 0) is 67.9 Å². The summed E-state index contributed by atoms with van der Waals surface area (Å²) in [5.41, 5.74) is 1.20. The summed E-state index contributed by atoms with van der Waals surface area (Å²) in [4.78, 5) is 12.8.